The maximum Gasteiger partial charge on any atom is -0.0533 e. The highest BCUT2D eigenvalue weighted by Crippen LogP contribution is 2.11. The third-order valence-corrected chi connectivity index (χ3v) is 2.96. The molecule has 0 rings (SSSR count). The van der Waals surface area contributed by atoms with Crippen LogP contribution < -0.4 is 0 Å². The highest BCUT2D eigenvalue weighted by Gasteiger charge is 1.91. The Morgan fingerprint density at radius 2 is 0.450 bits per heavy atom. The molecule has 128 valence electrons. The van der Waals surface area contributed by atoms with E-state index < -0.39 is 0 Å². The molecule has 0 aliphatic rings. The summed E-state index contributed by atoms with van der Waals surface area (Å²) in [5, 5.41) is 0. The maximum atomic E-state index is 2.29. The third-order valence-electron chi connectivity index (χ3n) is 2.96. The second-order valence-electron chi connectivity index (χ2n) is 4.54. The Kier molecular flexibility index (Phi) is 60.3. The highest BCUT2D eigenvalue weighted by atomic mass is 14.0. The van der Waals surface area contributed by atoms with Crippen LogP contribution in [0.15, 0.2) is 0 Å². The van der Waals surface area contributed by atoms with Gasteiger partial charge in [0.15, 0.2) is 0 Å². The van der Waals surface area contributed by atoms with Crippen LogP contribution in [0.1, 0.15) is 132 Å². The molecule has 0 atom stereocenters. The van der Waals surface area contributed by atoms with Gasteiger partial charge in [0.25, 0.3) is 0 Å². The zero-order chi connectivity index (χ0) is 16.5. The predicted molar refractivity (Wildman–Crippen MR) is 101 cm³/mol. The van der Waals surface area contributed by atoms with E-state index in [1.807, 2.05) is 41.5 Å². The summed E-state index contributed by atoms with van der Waals surface area (Å²) in [4.78, 5) is 0. The van der Waals surface area contributed by atoms with Crippen molar-refractivity contribution in [1.29, 1.82) is 0 Å². The normalized spacial score (nSPS) is 8.40. The number of hydrogen-bond donors (Lipinski definition) is 0. The highest BCUT2D eigenvalue weighted by molar-refractivity contribution is 4.47. The van der Waals surface area contributed by atoms with Gasteiger partial charge in [0.2, 0.25) is 0 Å². The van der Waals surface area contributed by atoms with Crippen LogP contribution in [-0.2, 0) is 0 Å². The van der Waals surface area contributed by atoms with Crippen LogP contribution in [-0.4, -0.2) is 0 Å². The van der Waals surface area contributed by atoms with Gasteiger partial charge in [-0.2, -0.15) is 0 Å². The first kappa shape index (κ1) is 28.2. The molecule has 20 heavy (non-hydrogen) atoms. The lowest BCUT2D eigenvalue weighted by Crippen LogP contribution is -1.81. The maximum absolute atomic E-state index is 2.29. The van der Waals surface area contributed by atoms with Crippen molar-refractivity contribution in [1.82, 2.24) is 0 Å². The molecule has 0 unspecified atom stereocenters. The summed E-state index contributed by atoms with van der Waals surface area (Å²) in [6, 6.07) is 0. The summed E-state index contributed by atoms with van der Waals surface area (Å²) in [5.74, 6) is 0. The zero-order valence-electron chi connectivity index (χ0n) is 16.5. The van der Waals surface area contributed by atoms with E-state index in [1.165, 1.54) is 77.0 Å². The van der Waals surface area contributed by atoms with Gasteiger partial charge in [-0.25, -0.2) is 0 Å². The Balaban J connectivity index is -0.000000187. The van der Waals surface area contributed by atoms with Crippen molar-refractivity contribution in [2.24, 2.45) is 0 Å². The molecule has 0 aliphatic heterocycles. The van der Waals surface area contributed by atoms with Gasteiger partial charge < -0.3 is 0 Å². The minimum atomic E-state index is 1.37. The SMILES string of the molecule is CC.CC.CC.CCCCCCCCCCCCCC. The van der Waals surface area contributed by atoms with Gasteiger partial charge >= 0.3 is 0 Å². The number of rotatable bonds is 11. The smallest absolute Gasteiger partial charge is 0.0533 e. The molecule has 0 aromatic carbocycles. The molecule has 0 fully saturated rings. The van der Waals surface area contributed by atoms with Crippen molar-refractivity contribution in [3.8, 4) is 0 Å². The lowest BCUT2D eigenvalue weighted by atomic mass is 10.1. The molecular weight excluding hydrogens is 240 g/mol. The zero-order valence-corrected chi connectivity index (χ0v) is 16.5. The van der Waals surface area contributed by atoms with E-state index in [4.69, 9.17) is 0 Å². The minimum Gasteiger partial charge on any atom is -0.0683 e. The molecule has 0 aromatic heterocycles. The lowest BCUT2D eigenvalue weighted by molar-refractivity contribution is 0.548. The van der Waals surface area contributed by atoms with E-state index in [-0.39, 0.29) is 0 Å². The van der Waals surface area contributed by atoms with E-state index >= 15 is 0 Å². The molecule has 0 heterocycles. The fourth-order valence-corrected chi connectivity index (χ4v) is 1.91. The van der Waals surface area contributed by atoms with Crippen LogP contribution >= 0.6 is 0 Å². The van der Waals surface area contributed by atoms with Crippen molar-refractivity contribution in [3.05, 3.63) is 0 Å². The molecule has 0 N–H and O–H groups in total. The van der Waals surface area contributed by atoms with Gasteiger partial charge in [0.1, 0.15) is 0 Å². The number of hydrogen-bond acceptors (Lipinski definition) is 0. The molecule has 0 saturated carbocycles. The van der Waals surface area contributed by atoms with Crippen LogP contribution in [0.25, 0.3) is 0 Å². The average Bonchev–Trinajstić information content (AvgIpc) is 2.55. The summed E-state index contributed by atoms with van der Waals surface area (Å²) in [5.41, 5.74) is 0. The quantitative estimate of drug-likeness (QED) is 0.333. The van der Waals surface area contributed by atoms with Crippen molar-refractivity contribution >= 4 is 0 Å². The second kappa shape index (κ2) is 42.8. The first-order valence-electron chi connectivity index (χ1n) is 9.91. The molecule has 0 nitrogen and oxygen atoms in total. The summed E-state index contributed by atoms with van der Waals surface area (Å²) in [6.45, 7) is 16.6. The lowest BCUT2D eigenvalue weighted by Gasteiger charge is -2.01. The summed E-state index contributed by atoms with van der Waals surface area (Å²) < 4.78 is 0. The van der Waals surface area contributed by atoms with Crippen molar-refractivity contribution in [2.45, 2.75) is 132 Å². The van der Waals surface area contributed by atoms with Crippen LogP contribution in [0, 0.1) is 0 Å². The van der Waals surface area contributed by atoms with Gasteiger partial charge in [-0.1, -0.05) is 132 Å². The van der Waals surface area contributed by atoms with E-state index in [2.05, 4.69) is 13.8 Å². The van der Waals surface area contributed by atoms with Gasteiger partial charge in [-0.05, 0) is 0 Å². The van der Waals surface area contributed by atoms with Crippen LogP contribution in [0.3, 0.4) is 0 Å². The summed E-state index contributed by atoms with van der Waals surface area (Å²) in [7, 11) is 0. The van der Waals surface area contributed by atoms with Gasteiger partial charge in [-0.15, -0.1) is 0 Å². The monoisotopic (exact) mass is 288 g/mol. The first-order valence-corrected chi connectivity index (χ1v) is 9.91. The van der Waals surface area contributed by atoms with Gasteiger partial charge in [-0.3, -0.25) is 0 Å². The standard InChI is InChI=1S/C14H30.3C2H6/c1-3-5-7-9-11-13-14-12-10-8-6-4-2;3*1-2/h3-14H2,1-2H3;3*1-2H3. The van der Waals surface area contributed by atoms with Gasteiger partial charge in [0.05, 0.1) is 0 Å². The Morgan fingerprint density at radius 3 is 0.600 bits per heavy atom. The van der Waals surface area contributed by atoms with Crippen LogP contribution in [0.4, 0.5) is 0 Å². The fraction of sp³-hybridized carbons (Fsp3) is 1.00. The first-order chi connectivity index (χ1) is 9.91. The summed E-state index contributed by atoms with van der Waals surface area (Å²) in [6.07, 6.45) is 17.4. The Labute approximate surface area is 133 Å². The minimum absolute atomic E-state index is 1.37. The molecule has 0 bridgehead atoms. The Bertz CT molecular complexity index is 74.0. The molecule has 0 aliphatic carbocycles. The molecule has 0 aromatic rings. The largest absolute Gasteiger partial charge is 0.0683 e. The Morgan fingerprint density at radius 1 is 0.300 bits per heavy atom. The number of unbranched alkanes of at least 4 members (excludes halogenated alkanes) is 11. The van der Waals surface area contributed by atoms with Crippen molar-refractivity contribution in [2.75, 3.05) is 0 Å². The topological polar surface area (TPSA) is 0 Å². The van der Waals surface area contributed by atoms with Crippen LogP contribution in [0.2, 0.25) is 0 Å². The van der Waals surface area contributed by atoms with Crippen molar-refractivity contribution < 1.29 is 0 Å². The third kappa shape index (κ3) is 43.0. The molecule has 0 heteroatoms. The molecular formula is C20H48. The second-order valence-corrected chi connectivity index (χ2v) is 4.54. The van der Waals surface area contributed by atoms with E-state index in [1.54, 1.807) is 0 Å². The molecule has 0 radical (unpaired) electrons. The predicted octanol–water partition coefficient (Wildman–Crippen LogP) is 8.79. The average molecular weight is 289 g/mol. The molecule has 0 saturated heterocycles. The van der Waals surface area contributed by atoms with Gasteiger partial charge in [0, 0.05) is 0 Å². The fourth-order valence-electron chi connectivity index (χ4n) is 1.91. The Hall–Kier alpha value is 0. The van der Waals surface area contributed by atoms with Crippen LogP contribution in [0.5, 0.6) is 0 Å². The van der Waals surface area contributed by atoms with E-state index in [0.717, 1.165) is 0 Å². The van der Waals surface area contributed by atoms with E-state index in [9.17, 15) is 0 Å². The molecule has 0 amide bonds. The van der Waals surface area contributed by atoms with E-state index in [0.29, 0.717) is 0 Å². The molecule has 0 spiro atoms. The summed E-state index contributed by atoms with van der Waals surface area (Å²) >= 11 is 0. The van der Waals surface area contributed by atoms with Crippen molar-refractivity contribution in [3.63, 3.8) is 0 Å².